The van der Waals surface area contributed by atoms with Crippen LogP contribution in [0.25, 0.3) is 0 Å². The predicted molar refractivity (Wildman–Crippen MR) is 116 cm³/mol. The summed E-state index contributed by atoms with van der Waals surface area (Å²) < 4.78 is 19.4. The Morgan fingerprint density at radius 1 is 1.24 bits per heavy atom. The zero-order chi connectivity index (χ0) is 20.8. The number of aliphatic imine (C=N–C) groups is 1. The summed E-state index contributed by atoms with van der Waals surface area (Å²) in [6, 6.07) is 7.92. The number of ether oxygens (including phenoxy) is 1. The van der Waals surface area contributed by atoms with E-state index in [0.29, 0.717) is 37.8 Å². The van der Waals surface area contributed by atoms with Gasteiger partial charge in [-0.15, -0.1) is 0 Å². The molecule has 7 heteroatoms. The van der Waals surface area contributed by atoms with Gasteiger partial charge in [0.05, 0.1) is 19.3 Å². The van der Waals surface area contributed by atoms with Crippen LogP contribution in [0, 0.1) is 11.7 Å². The van der Waals surface area contributed by atoms with Crippen molar-refractivity contribution >= 4 is 5.96 Å². The summed E-state index contributed by atoms with van der Waals surface area (Å²) in [4.78, 5) is 9.30. The fourth-order valence-corrected chi connectivity index (χ4v) is 4.24. The number of hydrogen-bond acceptors (Lipinski definition) is 4. The molecule has 2 heterocycles. The van der Waals surface area contributed by atoms with Crippen LogP contribution in [-0.2, 0) is 4.74 Å². The smallest absolute Gasteiger partial charge is 0.191 e. The highest BCUT2D eigenvalue weighted by Gasteiger charge is 2.31. The molecule has 29 heavy (non-hydrogen) atoms. The Labute approximate surface area is 174 Å². The number of guanidine groups is 1. The largest absolute Gasteiger partial charge is 0.379 e. The second kappa shape index (κ2) is 10.4. The molecule has 2 fully saturated rings. The van der Waals surface area contributed by atoms with Gasteiger partial charge in [-0.05, 0) is 37.5 Å². The SMILES string of the molecule is CN=C(NCC(c1cccc(F)c1)N1CCOCC1)NC1CN(C(C)C)CC1C. The van der Waals surface area contributed by atoms with Crippen LogP contribution in [0.4, 0.5) is 4.39 Å². The van der Waals surface area contributed by atoms with E-state index < -0.39 is 0 Å². The molecular weight excluding hydrogens is 369 g/mol. The summed E-state index contributed by atoms with van der Waals surface area (Å²) in [5.74, 6) is 1.17. The lowest BCUT2D eigenvalue weighted by Crippen LogP contribution is -2.50. The van der Waals surface area contributed by atoms with E-state index in [1.807, 2.05) is 6.07 Å². The van der Waals surface area contributed by atoms with Crippen LogP contribution in [0.15, 0.2) is 29.3 Å². The summed E-state index contributed by atoms with van der Waals surface area (Å²) in [5.41, 5.74) is 0.982. The molecule has 1 aromatic rings. The molecule has 2 aliphatic rings. The molecule has 2 saturated heterocycles. The number of rotatable bonds is 6. The summed E-state index contributed by atoms with van der Waals surface area (Å²) in [7, 11) is 1.81. The van der Waals surface area contributed by atoms with E-state index in [9.17, 15) is 4.39 Å². The number of likely N-dealkylation sites (tertiary alicyclic amines) is 1. The van der Waals surface area contributed by atoms with Crippen LogP contribution >= 0.6 is 0 Å². The van der Waals surface area contributed by atoms with Gasteiger partial charge in [-0.2, -0.15) is 0 Å². The van der Waals surface area contributed by atoms with Crippen LogP contribution in [0.3, 0.4) is 0 Å². The zero-order valence-electron chi connectivity index (χ0n) is 18.2. The van der Waals surface area contributed by atoms with Gasteiger partial charge in [-0.25, -0.2) is 4.39 Å². The summed E-state index contributed by atoms with van der Waals surface area (Å²) >= 11 is 0. The van der Waals surface area contributed by atoms with Crippen molar-refractivity contribution in [2.24, 2.45) is 10.9 Å². The third-order valence-corrected chi connectivity index (χ3v) is 6.10. The monoisotopic (exact) mass is 405 g/mol. The lowest BCUT2D eigenvalue weighted by atomic mass is 10.0. The van der Waals surface area contributed by atoms with Crippen molar-refractivity contribution < 1.29 is 9.13 Å². The van der Waals surface area contributed by atoms with Crippen LogP contribution in [0.1, 0.15) is 32.4 Å². The molecule has 0 radical (unpaired) electrons. The van der Waals surface area contributed by atoms with E-state index in [1.54, 1.807) is 19.2 Å². The van der Waals surface area contributed by atoms with Gasteiger partial charge in [0.1, 0.15) is 5.82 Å². The van der Waals surface area contributed by atoms with Crippen molar-refractivity contribution in [1.29, 1.82) is 0 Å². The minimum atomic E-state index is -0.197. The van der Waals surface area contributed by atoms with Crippen LogP contribution in [0.2, 0.25) is 0 Å². The van der Waals surface area contributed by atoms with E-state index >= 15 is 0 Å². The highest BCUT2D eigenvalue weighted by molar-refractivity contribution is 5.80. The van der Waals surface area contributed by atoms with Crippen LogP contribution in [0.5, 0.6) is 0 Å². The van der Waals surface area contributed by atoms with Gasteiger partial charge >= 0.3 is 0 Å². The number of nitrogens with one attached hydrogen (secondary N) is 2. The average Bonchev–Trinajstić information content (AvgIpc) is 3.09. The highest BCUT2D eigenvalue weighted by Crippen LogP contribution is 2.22. The van der Waals surface area contributed by atoms with Gasteiger partial charge in [0.25, 0.3) is 0 Å². The molecule has 0 saturated carbocycles. The molecule has 162 valence electrons. The summed E-state index contributed by atoms with van der Waals surface area (Å²) in [6.07, 6.45) is 0. The molecule has 3 rings (SSSR count). The van der Waals surface area contributed by atoms with Crippen molar-refractivity contribution in [1.82, 2.24) is 20.4 Å². The van der Waals surface area contributed by atoms with Gasteiger partial charge in [0, 0.05) is 51.9 Å². The van der Waals surface area contributed by atoms with E-state index in [2.05, 4.69) is 46.2 Å². The predicted octanol–water partition coefficient (Wildman–Crippen LogP) is 2.09. The molecule has 0 aromatic heterocycles. The number of hydrogen-bond donors (Lipinski definition) is 2. The number of halogens is 1. The van der Waals surface area contributed by atoms with Gasteiger partial charge < -0.3 is 15.4 Å². The Balaban J connectivity index is 1.64. The summed E-state index contributed by atoms with van der Waals surface area (Å²) in [6.45, 7) is 12.7. The maximum atomic E-state index is 13.9. The lowest BCUT2D eigenvalue weighted by molar-refractivity contribution is 0.0169. The normalized spacial score (nSPS) is 25.4. The fraction of sp³-hybridized carbons (Fsp3) is 0.682. The molecule has 2 N–H and O–H groups in total. The first-order chi connectivity index (χ1) is 14.0. The van der Waals surface area contributed by atoms with E-state index in [-0.39, 0.29) is 11.9 Å². The number of nitrogens with zero attached hydrogens (tertiary/aromatic N) is 3. The lowest BCUT2D eigenvalue weighted by Gasteiger charge is -2.35. The molecule has 0 spiro atoms. The second-order valence-corrected chi connectivity index (χ2v) is 8.45. The molecule has 0 bridgehead atoms. The first-order valence-electron chi connectivity index (χ1n) is 10.8. The Hall–Kier alpha value is -1.70. The highest BCUT2D eigenvalue weighted by atomic mass is 19.1. The Kier molecular flexibility index (Phi) is 7.86. The zero-order valence-corrected chi connectivity index (χ0v) is 18.2. The Morgan fingerprint density at radius 3 is 2.62 bits per heavy atom. The summed E-state index contributed by atoms with van der Waals surface area (Å²) in [5, 5.41) is 7.09. The maximum absolute atomic E-state index is 13.9. The molecule has 3 atom stereocenters. The van der Waals surface area contributed by atoms with Crippen LogP contribution in [-0.4, -0.2) is 80.8 Å². The van der Waals surface area contributed by atoms with Gasteiger partial charge in [0.2, 0.25) is 0 Å². The average molecular weight is 406 g/mol. The molecular formula is C22H36FN5O. The first-order valence-corrected chi connectivity index (χ1v) is 10.8. The maximum Gasteiger partial charge on any atom is 0.191 e. The van der Waals surface area contributed by atoms with Crippen molar-refractivity contribution in [2.75, 3.05) is 53.0 Å². The quantitative estimate of drug-likeness (QED) is 0.561. The minimum absolute atomic E-state index is 0.0707. The number of morpholine rings is 1. The van der Waals surface area contributed by atoms with E-state index in [4.69, 9.17) is 4.74 Å². The second-order valence-electron chi connectivity index (χ2n) is 8.45. The molecule has 6 nitrogen and oxygen atoms in total. The van der Waals surface area contributed by atoms with Gasteiger partial charge in [-0.1, -0.05) is 19.1 Å². The van der Waals surface area contributed by atoms with Crippen molar-refractivity contribution in [3.63, 3.8) is 0 Å². The topological polar surface area (TPSA) is 52.1 Å². The van der Waals surface area contributed by atoms with E-state index in [1.165, 1.54) is 6.07 Å². The van der Waals surface area contributed by atoms with Crippen molar-refractivity contribution in [3.8, 4) is 0 Å². The third-order valence-electron chi connectivity index (χ3n) is 6.10. The molecule has 3 unspecified atom stereocenters. The molecule has 0 amide bonds. The van der Waals surface area contributed by atoms with Gasteiger partial charge in [0.15, 0.2) is 5.96 Å². The van der Waals surface area contributed by atoms with Crippen molar-refractivity contribution in [3.05, 3.63) is 35.6 Å². The minimum Gasteiger partial charge on any atom is -0.379 e. The van der Waals surface area contributed by atoms with Gasteiger partial charge in [-0.3, -0.25) is 14.8 Å². The molecule has 2 aliphatic heterocycles. The number of benzene rings is 1. The Bertz CT molecular complexity index is 677. The first kappa shape index (κ1) is 22.0. The third kappa shape index (κ3) is 5.90. The van der Waals surface area contributed by atoms with E-state index in [0.717, 1.165) is 37.7 Å². The van der Waals surface area contributed by atoms with Crippen molar-refractivity contribution in [2.45, 2.75) is 38.9 Å². The molecule has 0 aliphatic carbocycles. The Morgan fingerprint density at radius 2 is 2.00 bits per heavy atom. The van der Waals surface area contributed by atoms with Crippen LogP contribution < -0.4 is 10.6 Å². The molecule has 1 aromatic carbocycles. The fourth-order valence-electron chi connectivity index (χ4n) is 4.24. The standard InChI is InChI=1S/C22H36FN5O/c1-16(2)28-14-17(3)20(15-28)26-22(24-4)25-13-21(27-8-10-29-11-9-27)18-6-5-7-19(23)12-18/h5-7,12,16-17,20-21H,8-11,13-15H2,1-4H3,(H2,24,25,26).